The van der Waals surface area contributed by atoms with E-state index >= 15 is 0 Å². The Bertz CT molecular complexity index is 429. The van der Waals surface area contributed by atoms with Gasteiger partial charge in [0.1, 0.15) is 5.02 Å². The van der Waals surface area contributed by atoms with Crippen LogP contribution in [0.15, 0.2) is 11.0 Å². The van der Waals surface area contributed by atoms with Crippen LogP contribution in [-0.4, -0.2) is 29.5 Å². The average molecular weight is 258 g/mol. The molecule has 0 bridgehead atoms. The minimum Gasteiger partial charge on any atom is -0.381 e. The van der Waals surface area contributed by atoms with Crippen molar-refractivity contribution >= 4 is 17.3 Å². The molecule has 5 nitrogen and oxygen atoms in total. The molecule has 0 aromatic carbocycles. The molecule has 94 valence electrons. The van der Waals surface area contributed by atoms with Crippen molar-refractivity contribution in [2.45, 2.75) is 25.8 Å². The molecule has 1 aromatic rings. The predicted molar refractivity (Wildman–Crippen MR) is 66.5 cm³/mol. The second-order valence-corrected chi connectivity index (χ2v) is 4.71. The summed E-state index contributed by atoms with van der Waals surface area (Å²) in [5, 5.41) is 9.40. The van der Waals surface area contributed by atoms with Gasteiger partial charge in [0.25, 0.3) is 5.56 Å². The van der Waals surface area contributed by atoms with Gasteiger partial charge in [-0.1, -0.05) is 11.6 Å². The van der Waals surface area contributed by atoms with Crippen molar-refractivity contribution in [3.8, 4) is 0 Å². The van der Waals surface area contributed by atoms with E-state index in [9.17, 15) is 4.79 Å². The number of rotatable bonds is 3. The summed E-state index contributed by atoms with van der Waals surface area (Å²) in [6.45, 7) is 3.66. The number of ether oxygens (including phenoxy) is 1. The van der Waals surface area contributed by atoms with E-state index in [1.54, 1.807) is 0 Å². The Hall–Kier alpha value is -1.07. The first kappa shape index (κ1) is 12.4. The van der Waals surface area contributed by atoms with Crippen molar-refractivity contribution in [2.24, 2.45) is 5.92 Å². The molecule has 0 unspecified atom stereocenters. The quantitative estimate of drug-likeness (QED) is 0.864. The van der Waals surface area contributed by atoms with Crippen LogP contribution in [0.2, 0.25) is 5.02 Å². The molecule has 1 aliphatic heterocycles. The number of nitrogens with one attached hydrogen (secondary N) is 2. The molecule has 0 spiro atoms. The summed E-state index contributed by atoms with van der Waals surface area (Å²) in [5.74, 6) is 0.444. The predicted octanol–water partition coefficient (Wildman–Crippen LogP) is 1.65. The van der Waals surface area contributed by atoms with Crippen molar-refractivity contribution in [3.05, 3.63) is 21.6 Å². The molecule has 2 N–H and O–H groups in total. The Balaban J connectivity index is 2.04. The second kappa shape index (κ2) is 5.51. The van der Waals surface area contributed by atoms with Crippen LogP contribution in [0.1, 0.15) is 19.8 Å². The highest BCUT2D eigenvalue weighted by Crippen LogP contribution is 2.22. The van der Waals surface area contributed by atoms with Gasteiger partial charge < -0.3 is 10.1 Å². The summed E-state index contributed by atoms with van der Waals surface area (Å²) >= 11 is 5.90. The summed E-state index contributed by atoms with van der Waals surface area (Å²) in [5.41, 5.74) is 0.206. The molecule has 1 aromatic heterocycles. The first-order valence-corrected chi connectivity index (χ1v) is 6.13. The lowest BCUT2D eigenvalue weighted by Crippen LogP contribution is -2.33. The van der Waals surface area contributed by atoms with Gasteiger partial charge >= 0.3 is 0 Å². The summed E-state index contributed by atoms with van der Waals surface area (Å²) in [4.78, 5) is 11.3. The molecule has 0 aliphatic carbocycles. The minimum absolute atomic E-state index is 0.156. The first-order chi connectivity index (χ1) is 8.18. The van der Waals surface area contributed by atoms with Crippen molar-refractivity contribution in [1.82, 2.24) is 10.2 Å². The normalized spacial score (nSPS) is 22.1. The fourth-order valence-electron chi connectivity index (χ4n) is 2.01. The van der Waals surface area contributed by atoms with Gasteiger partial charge in [0.15, 0.2) is 0 Å². The van der Waals surface area contributed by atoms with Crippen molar-refractivity contribution in [3.63, 3.8) is 0 Å². The molecule has 2 atom stereocenters. The fraction of sp³-hybridized carbons (Fsp3) is 0.636. The number of aromatic amines is 1. The number of H-pyrrole nitrogens is 1. The molecule has 0 amide bonds. The third-order valence-corrected chi connectivity index (χ3v) is 3.46. The third kappa shape index (κ3) is 2.98. The maximum Gasteiger partial charge on any atom is 0.285 e. The van der Waals surface area contributed by atoms with Gasteiger partial charge in [-0.25, -0.2) is 5.10 Å². The number of anilines is 1. The lowest BCUT2D eigenvalue weighted by Gasteiger charge is -2.29. The van der Waals surface area contributed by atoms with Gasteiger partial charge in [-0.15, -0.1) is 0 Å². The van der Waals surface area contributed by atoms with Crippen molar-refractivity contribution in [2.75, 3.05) is 18.5 Å². The summed E-state index contributed by atoms with van der Waals surface area (Å²) < 4.78 is 5.44. The van der Waals surface area contributed by atoms with Crippen molar-refractivity contribution in [1.29, 1.82) is 0 Å². The van der Waals surface area contributed by atoms with Crippen LogP contribution in [0.5, 0.6) is 0 Å². The van der Waals surface area contributed by atoms with E-state index in [1.807, 2.05) is 0 Å². The highest BCUT2D eigenvalue weighted by atomic mass is 35.5. The largest absolute Gasteiger partial charge is 0.381 e. The van der Waals surface area contributed by atoms with Crippen molar-refractivity contribution < 1.29 is 4.74 Å². The zero-order chi connectivity index (χ0) is 12.3. The first-order valence-electron chi connectivity index (χ1n) is 5.76. The summed E-state index contributed by atoms with van der Waals surface area (Å²) in [6.07, 6.45) is 3.74. The van der Waals surface area contributed by atoms with Crippen LogP contribution < -0.4 is 10.9 Å². The molecule has 17 heavy (non-hydrogen) atoms. The van der Waals surface area contributed by atoms with E-state index in [-0.39, 0.29) is 16.6 Å². The summed E-state index contributed by atoms with van der Waals surface area (Å²) in [6, 6.07) is 0.205. The molecular formula is C11H16ClN3O2. The van der Waals surface area contributed by atoms with E-state index in [4.69, 9.17) is 16.3 Å². The molecule has 1 saturated heterocycles. The highest BCUT2D eigenvalue weighted by molar-refractivity contribution is 6.32. The lowest BCUT2D eigenvalue weighted by molar-refractivity contribution is 0.0496. The maximum absolute atomic E-state index is 11.3. The van der Waals surface area contributed by atoms with E-state index in [2.05, 4.69) is 22.4 Å². The highest BCUT2D eigenvalue weighted by Gasteiger charge is 2.21. The molecule has 1 aliphatic rings. The smallest absolute Gasteiger partial charge is 0.285 e. The Labute approximate surface area is 105 Å². The topological polar surface area (TPSA) is 67.0 Å². The number of hydrogen-bond donors (Lipinski definition) is 2. The summed E-state index contributed by atoms with van der Waals surface area (Å²) in [7, 11) is 0. The van der Waals surface area contributed by atoms with Gasteiger partial charge in [0.05, 0.1) is 18.5 Å². The Kier molecular flexibility index (Phi) is 4.02. The van der Waals surface area contributed by atoms with E-state index in [0.29, 0.717) is 11.6 Å². The molecule has 1 fully saturated rings. The third-order valence-electron chi connectivity index (χ3n) is 3.08. The minimum atomic E-state index is -0.372. The van der Waals surface area contributed by atoms with Crippen LogP contribution >= 0.6 is 11.6 Å². The van der Waals surface area contributed by atoms with E-state index in [0.717, 1.165) is 26.1 Å². The number of halogens is 1. The molecule has 0 radical (unpaired) electrons. The van der Waals surface area contributed by atoms with Crippen LogP contribution in [0, 0.1) is 5.92 Å². The Morgan fingerprint density at radius 1 is 1.71 bits per heavy atom. The average Bonchev–Trinajstić information content (AvgIpc) is 2.36. The molecule has 2 rings (SSSR count). The number of aromatic nitrogens is 2. The van der Waals surface area contributed by atoms with Crippen LogP contribution in [0.3, 0.4) is 0 Å². The zero-order valence-electron chi connectivity index (χ0n) is 9.70. The number of hydrogen-bond acceptors (Lipinski definition) is 4. The van der Waals surface area contributed by atoms with Gasteiger partial charge in [-0.05, 0) is 19.8 Å². The van der Waals surface area contributed by atoms with Gasteiger partial charge in [-0.3, -0.25) is 4.79 Å². The fourth-order valence-corrected chi connectivity index (χ4v) is 2.15. The lowest BCUT2D eigenvalue weighted by atomic mass is 9.95. The van der Waals surface area contributed by atoms with Gasteiger partial charge in [0, 0.05) is 18.6 Å². The monoisotopic (exact) mass is 257 g/mol. The van der Waals surface area contributed by atoms with Crippen LogP contribution in [0.4, 0.5) is 5.69 Å². The van der Waals surface area contributed by atoms with Crippen LogP contribution in [0.25, 0.3) is 0 Å². The van der Waals surface area contributed by atoms with E-state index < -0.39 is 0 Å². The molecular weight excluding hydrogens is 242 g/mol. The number of nitrogens with zero attached hydrogens (tertiary/aromatic N) is 1. The maximum atomic E-state index is 11.3. The Morgan fingerprint density at radius 3 is 3.24 bits per heavy atom. The molecule has 2 heterocycles. The van der Waals surface area contributed by atoms with Gasteiger partial charge in [-0.2, -0.15) is 5.10 Å². The molecule has 0 saturated carbocycles. The van der Waals surface area contributed by atoms with Crippen LogP contribution in [-0.2, 0) is 4.74 Å². The standard InChI is InChI=1S/C11H16ClN3O2/c1-7(8-3-2-4-17-6-8)14-9-5-13-15-11(16)10(9)12/h5,7-8H,2-4,6H2,1H3,(H2,14,15,16)/t7-,8+/m0/s1. The second-order valence-electron chi connectivity index (χ2n) is 4.34. The van der Waals surface area contributed by atoms with Gasteiger partial charge in [0.2, 0.25) is 0 Å². The molecule has 6 heteroatoms. The zero-order valence-corrected chi connectivity index (χ0v) is 10.5. The van der Waals surface area contributed by atoms with E-state index in [1.165, 1.54) is 6.20 Å². The SMILES string of the molecule is C[C@H](Nc1cn[nH]c(=O)c1Cl)[C@@H]1CCCOC1. The Morgan fingerprint density at radius 2 is 2.53 bits per heavy atom.